The minimum Gasteiger partial charge on any atom is -0.496 e. The SMILES string of the molecule is COc1cc(/C=N\NC(=O)c2ccccc2OC)ccc1OC(=O)c1cccs1. The second-order valence-electron chi connectivity index (χ2n) is 5.68. The molecule has 0 spiro atoms. The number of para-hydroxylation sites is 1. The predicted octanol–water partition coefficient (Wildman–Crippen LogP) is 3.75. The van der Waals surface area contributed by atoms with Gasteiger partial charge >= 0.3 is 5.97 Å². The summed E-state index contributed by atoms with van der Waals surface area (Å²) in [5.74, 6) is 0.269. The maximum atomic E-state index is 12.2. The Morgan fingerprint density at radius 1 is 0.966 bits per heavy atom. The molecule has 0 unspecified atom stereocenters. The number of carbonyl (C=O) groups excluding carboxylic acids is 2. The third-order valence-corrected chi connectivity index (χ3v) is 4.69. The number of amides is 1. The zero-order chi connectivity index (χ0) is 20.6. The van der Waals surface area contributed by atoms with Crippen LogP contribution >= 0.6 is 11.3 Å². The molecule has 1 heterocycles. The minimum atomic E-state index is -0.455. The van der Waals surface area contributed by atoms with E-state index in [0.29, 0.717) is 33.3 Å². The number of rotatable bonds is 7. The Morgan fingerprint density at radius 2 is 1.76 bits per heavy atom. The lowest BCUT2D eigenvalue weighted by molar-refractivity contribution is 0.0734. The molecule has 8 heteroatoms. The van der Waals surface area contributed by atoms with Crippen molar-refractivity contribution in [1.82, 2.24) is 5.43 Å². The van der Waals surface area contributed by atoms with Crippen LogP contribution in [0.3, 0.4) is 0 Å². The summed E-state index contributed by atoms with van der Waals surface area (Å²) in [6, 6.07) is 15.3. The lowest BCUT2D eigenvalue weighted by Gasteiger charge is -2.09. The number of thiophene rings is 1. The Hall–Kier alpha value is -3.65. The van der Waals surface area contributed by atoms with Gasteiger partial charge in [-0.3, -0.25) is 4.79 Å². The van der Waals surface area contributed by atoms with Crippen LogP contribution in [0.15, 0.2) is 65.1 Å². The van der Waals surface area contributed by atoms with Crippen molar-refractivity contribution in [3.63, 3.8) is 0 Å². The molecule has 0 radical (unpaired) electrons. The molecule has 0 saturated heterocycles. The molecular weight excluding hydrogens is 392 g/mol. The molecule has 7 nitrogen and oxygen atoms in total. The molecule has 0 fully saturated rings. The van der Waals surface area contributed by atoms with Crippen LogP contribution in [-0.2, 0) is 0 Å². The van der Waals surface area contributed by atoms with Gasteiger partial charge in [-0.15, -0.1) is 11.3 Å². The van der Waals surface area contributed by atoms with Gasteiger partial charge in [-0.05, 0) is 47.3 Å². The van der Waals surface area contributed by atoms with Gasteiger partial charge in [0.25, 0.3) is 5.91 Å². The van der Waals surface area contributed by atoms with Gasteiger partial charge in [-0.1, -0.05) is 18.2 Å². The molecule has 29 heavy (non-hydrogen) atoms. The van der Waals surface area contributed by atoms with Crippen molar-refractivity contribution in [1.29, 1.82) is 0 Å². The molecule has 148 valence electrons. The van der Waals surface area contributed by atoms with E-state index in [1.165, 1.54) is 31.8 Å². The molecule has 3 aromatic rings. The number of nitrogens with one attached hydrogen (secondary N) is 1. The van der Waals surface area contributed by atoms with E-state index in [1.807, 2.05) is 0 Å². The first-order valence-electron chi connectivity index (χ1n) is 8.52. The minimum absolute atomic E-state index is 0.293. The summed E-state index contributed by atoms with van der Waals surface area (Å²) in [6.07, 6.45) is 1.46. The van der Waals surface area contributed by atoms with Crippen LogP contribution in [-0.4, -0.2) is 32.3 Å². The molecule has 0 atom stereocenters. The zero-order valence-corrected chi connectivity index (χ0v) is 16.6. The predicted molar refractivity (Wildman–Crippen MR) is 110 cm³/mol. The summed E-state index contributed by atoms with van der Waals surface area (Å²) in [5, 5.41) is 5.76. The fourth-order valence-electron chi connectivity index (χ4n) is 2.45. The fourth-order valence-corrected chi connectivity index (χ4v) is 3.05. The normalized spacial score (nSPS) is 10.6. The quantitative estimate of drug-likeness (QED) is 0.277. The van der Waals surface area contributed by atoms with Crippen molar-refractivity contribution >= 4 is 29.4 Å². The van der Waals surface area contributed by atoms with Crippen molar-refractivity contribution in [2.45, 2.75) is 0 Å². The first-order valence-corrected chi connectivity index (χ1v) is 9.40. The zero-order valence-electron chi connectivity index (χ0n) is 15.7. The number of nitrogens with zero attached hydrogens (tertiary/aromatic N) is 1. The van der Waals surface area contributed by atoms with Crippen LogP contribution in [0.5, 0.6) is 17.2 Å². The second kappa shape index (κ2) is 9.52. The van der Waals surface area contributed by atoms with Crippen LogP contribution in [0.1, 0.15) is 25.6 Å². The number of hydrazone groups is 1. The van der Waals surface area contributed by atoms with Gasteiger partial charge in [-0.25, -0.2) is 10.2 Å². The Labute approximate surface area is 171 Å². The summed E-state index contributed by atoms with van der Waals surface area (Å²) in [5.41, 5.74) is 3.48. The third kappa shape index (κ3) is 4.99. The molecule has 0 saturated carbocycles. The number of benzene rings is 2. The van der Waals surface area contributed by atoms with Crippen LogP contribution in [0.2, 0.25) is 0 Å². The van der Waals surface area contributed by atoms with Gasteiger partial charge in [0.2, 0.25) is 0 Å². The summed E-state index contributed by atoms with van der Waals surface area (Å²) in [6.45, 7) is 0. The highest BCUT2D eigenvalue weighted by Gasteiger charge is 2.14. The molecule has 0 aliphatic carbocycles. The lowest BCUT2D eigenvalue weighted by Crippen LogP contribution is -2.18. The average Bonchev–Trinajstić information content (AvgIpc) is 3.29. The number of ether oxygens (including phenoxy) is 3. The van der Waals surface area contributed by atoms with E-state index in [1.54, 1.807) is 60.0 Å². The standard InChI is InChI=1S/C21H18N2O5S/c1-26-16-7-4-3-6-15(16)20(24)23-22-13-14-9-10-17(18(12-14)27-2)28-21(25)19-8-5-11-29-19/h3-13H,1-2H3,(H,23,24)/b22-13-. The lowest BCUT2D eigenvalue weighted by atomic mass is 10.2. The molecule has 0 aliphatic heterocycles. The maximum Gasteiger partial charge on any atom is 0.353 e. The van der Waals surface area contributed by atoms with Crippen molar-refractivity contribution in [3.05, 3.63) is 76.0 Å². The highest BCUT2D eigenvalue weighted by Crippen LogP contribution is 2.29. The average molecular weight is 410 g/mol. The molecular formula is C21H18N2O5S. The Kier molecular flexibility index (Phi) is 6.59. The molecule has 0 aliphatic rings. The summed E-state index contributed by atoms with van der Waals surface area (Å²) >= 11 is 1.30. The van der Waals surface area contributed by atoms with E-state index in [0.717, 1.165) is 0 Å². The number of hydrogen-bond acceptors (Lipinski definition) is 7. The van der Waals surface area contributed by atoms with Gasteiger partial charge in [0, 0.05) is 0 Å². The van der Waals surface area contributed by atoms with Gasteiger partial charge < -0.3 is 14.2 Å². The first kappa shape index (κ1) is 20.1. The van der Waals surface area contributed by atoms with E-state index < -0.39 is 11.9 Å². The first-order chi connectivity index (χ1) is 14.1. The summed E-state index contributed by atoms with van der Waals surface area (Å²) < 4.78 is 15.8. The Morgan fingerprint density at radius 3 is 2.48 bits per heavy atom. The summed E-state index contributed by atoms with van der Waals surface area (Å²) in [4.78, 5) is 24.8. The van der Waals surface area contributed by atoms with Gasteiger partial charge in [-0.2, -0.15) is 5.10 Å². The van der Waals surface area contributed by atoms with E-state index in [4.69, 9.17) is 14.2 Å². The smallest absolute Gasteiger partial charge is 0.353 e. The van der Waals surface area contributed by atoms with E-state index >= 15 is 0 Å². The molecule has 1 aromatic heterocycles. The largest absolute Gasteiger partial charge is 0.496 e. The van der Waals surface area contributed by atoms with Crippen LogP contribution in [0.4, 0.5) is 0 Å². The molecule has 2 aromatic carbocycles. The molecule has 1 N–H and O–H groups in total. The van der Waals surface area contributed by atoms with Crippen LogP contribution in [0.25, 0.3) is 0 Å². The van der Waals surface area contributed by atoms with Crippen molar-refractivity contribution in [3.8, 4) is 17.2 Å². The number of methoxy groups -OCH3 is 2. The number of carbonyl (C=O) groups is 2. The van der Waals surface area contributed by atoms with E-state index in [-0.39, 0.29) is 0 Å². The Balaban J connectivity index is 1.68. The van der Waals surface area contributed by atoms with Gasteiger partial charge in [0.1, 0.15) is 10.6 Å². The molecule has 1 amide bonds. The number of hydrogen-bond donors (Lipinski definition) is 1. The highest BCUT2D eigenvalue weighted by molar-refractivity contribution is 7.12. The maximum absolute atomic E-state index is 12.2. The fraction of sp³-hybridized carbons (Fsp3) is 0.0952. The van der Waals surface area contributed by atoms with Crippen molar-refractivity contribution in [2.75, 3.05) is 14.2 Å². The second-order valence-corrected chi connectivity index (χ2v) is 6.62. The van der Waals surface area contributed by atoms with Crippen LogP contribution < -0.4 is 19.6 Å². The van der Waals surface area contributed by atoms with Crippen molar-refractivity contribution in [2.24, 2.45) is 5.10 Å². The van der Waals surface area contributed by atoms with Gasteiger partial charge in [0.05, 0.1) is 26.0 Å². The molecule has 3 rings (SSSR count). The van der Waals surface area contributed by atoms with Crippen LogP contribution in [0, 0.1) is 0 Å². The van der Waals surface area contributed by atoms with E-state index in [2.05, 4.69) is 10.5 Å². The topological polar surface area (TPSA) is 86.2 Å². The molecule has 0 bridgehead atoms. The third-order valence-electron chi connectivity index (χ3n) is 3.84. The number of esters is 1. The van der Waals surface area contributed by atoms with Gasteiger partial charge in [0.15, 0.2) is 11.5 Å². The monoisotopic (exact) mass is 410 g/mol. The van der Waals surface area contributed by atoms with Crippen molar-refractivity contribution < 1.29 is 23.8 Å². The summed E-state index contributed by atoms with van der Waals surface area (Å²) in [7, 11) is 2.97. The highest BCUT2D eigenvalue weighted by atomic mass is 32.1. The Bertz CT molecular complexity index is 1030. The van der Waals surface area contributed by atoms with E-state index in [9.17, 15) is 9.59 Å².